The van der Waals surface area contributed by atoms with Crippen molar-refractivity contribution in [2.24, 2.45) is 0 Å². The van der Waals surface area contributed by atoms with Crippen molar-refractivity contribution >= 4 is 28.3 Å². The number of aliphatic hydroxyl groups is 1. The quantitative estimate of drug-likeness (QED) is 0.436. The number of carbonyl (C=O) groups excluding carboxylic acids is 2. The maximum absolute atomic E-state index is 13.8. The average molecular weight is 530 g/mol. The summed E-state index contributed by atoms with van der Waals surface area (Å²) in [6, 6.07) is 20.7. The minimum Gasteiger partial charge on any atom is -0.375 e. The number of para-hydroxylation sites is 1. The minimum atomic E-state index is -1.91. The van der Waals surface area contributed by atoms with Crippen LogP contribution in [0.5, 0.6) is 0 Å². The maximum atomic E-state index is 13.8. The summed E-state index contributed by atoms with van der Waals surface area (Å²) in [5.41, 5.74) is 2.08. The third-order valence-corrected chi connectivity index (χ3v) is 8.69. The molecular formula is C31H35N3O5. The molecule has 1 saturated heterocycles. The Kier molecular flexibility index (Phi) is 6.89. The predicted octanol–water partition coefficient (Wildman–Crippen LogP) is 3.26. The zero-order valence-corrected chi connectivity index (χ0v) is 22.4. The first-order valence-electron chi connectivity index (χ1n) is 13.7. The molecule has 8 nitrogen and oxygen atoms in total. The number of anilines is 1. The van der Waals surface area contributed by atoms with Crippen LogP contribution < -0.4 is 10.2 Å². The second kappa shape index (κ2) is 10.4. The van der Waals surface area contributed by atoms with Crippen LogP contribution in [0.2, 0.25) is 0 Å². The molecule has 2 unspecified atom stereocenters. The fraction of sp³-hybridized carbons (Fsp3) is 0.419. The Balaban J connectivity index is 1.17. The van der Waals surface area contributed by atoms with E-state index in [9.17, 15) is 14.7 Å². The van der Waals surface area contributed by atoms with Gasteiger partial charge in [0.15, 0.2) is 11.9 Å². The summed E-state index contributed by atoms with van der Waals surface area (Å²) in [6.45, 7) is 1.85. The van der Waals surface area contributed by atoms with E-state index in [1.54, 1.807) is 17.0 Å². The molecule has 2 N–H and O–H groups in total. The van der Waals surface area contributed by atoms with Gasteiger partial charge >= 0.3 is 0 Å². The largest absolute Gasteiger partial charge is 0.375 e. The molecule has 1 fully saturated rings. The highest BCUT2D eigenvalue weighted by Crippen LogP contribution is 2.46. The standard InChI is InChI=1S/C31H35N3O5/c1-38-28(39-2)19-32-27(35)18-31(37)24-11-3-4-12-25(24)34(30(31)36)22-13-15-33(16-14-22)26-17-21-9-5-7-20-8-6-10-23(26)29(20)21/h3-12,22,26,28,37H,13-19H2,1-2H3,(H,32,35). The van der Waals surface area contributed by atoms with E-state index in [2.05, 4.69) is 46.6 Å². The Morgan fingerprint density at radius 3 is 2.51 bits per heavy atom. The van der Waals surface area contributed by atoms with Crippen molar-refractivity contribution < 1.29 is 24.2 Å². The van der Waals surface area contributed by atoms with Crippen LogP contribution >= 0.6 is 0 Å². The summed E-state index contributed by atoms with van der Waals surface area (Å²) >= 11 is 0. The lowest BCUT2D eigenvalue weighted by Gasteiger charge is -2.40. The summed E-state index contributed by atoms with van der Waals surface area (Å²) in [4.78, 5) is 30.9. The number of piperidine rings is 1. The highest BCUT2D eigenvalue weighted by atomic mass is 16.7. The lowest BCUT2D eigenvalue weighted by molar-refractivity contribution is -0.144. The van der Waals surface area contributed by atoms with Gasteiger partial charge in [0.05, 0.1) is 18.7 Å². The third kappa shape index (κ3) is 4.41. The van der Waals surface area contributed by atoms with Crippen molar-refractivity contribution in [3.05, 3.63) is 77.4 Å². The van der Waals surface area contributed by atoms with Crippen molar-refractivity contribution in [3.63, 3.8) is 0 Å². The zero-order chi connectivity index (χ0) is 27.1. The fourth-order valence-corrected chi connectivity index (χ4v) is 6.74. The van der Waals surface area contributed by atoms with E-state index in [1.807, 2.05) is 12.1 Å². The number of hydrogen-bond acceptors (Lipinski definition) is 6. The molecule has 2 heterocycles. The highest BCUT2D eigenvalue weighted by molar-refractivity contribution is 6.09. The summed E-state index contributed by atoms with van der Waals surface area (Å²) in [5.74, 6) is -0.864. The van der Waals surface area contributed by atoms with Gasteiger partial charge in [-0.1, -0.05) is 54.6 Å². The molecule has 1 aliphatic carbocycles. The number of fused-ring (bicyclic) bond motifs is 1. The maximum Gasteiger partial charge on any atom is 0.264 e. The highest BCUT2D eigenvalue weighted by Gasteiger charge is 2.53. The normalized spacial score (nSPS) is 23.1. The van der Waals surface area contributed by atoms with Crippen LogP contribution in [-0.2, 0) is 31.1 Å². The van der Waals surface area contributed by atoms with Crippen molar-refractivity contribution in [1.29, 1.82) is 0 Å². The van der Waals surface area contributed by atoms with Crippen LogP contribution in [0.25, 0.3) is 10.8 Å². The molecule has 0 radical (unpaired) electrons. The molecule has 39 heavy (non-hydrogen) atoms. The number of amides is 2. The van der Waals surface area contributed by atoms with Crippen LogP contribution in [0.15, 0.2) is 60.7 Å². The Labute approximate surface area is 228 Å². The molecule has 204 valence electrons. The Hall–Kier alpha value is -3.30. The molecule has 8 heteroatoms. The second-order valence-corrected chi connectivity index (χ2v) is 10.8. The van der Waals surface area contributed by atoms with Crippen molar-refractivity contribution in [2.45, 2.75) is 49.7 Å². The van der Waals surface area contributed by atoms with Crippen LogP contribution in [0, 0.1) is 0 Å². The van der Waals surface area contributed by atoms with E-state index in [0.29, 0.717) is 17.3 Å². The molecular weight excluding hydrogens is 494 g/mol. The van der Waals surface area contributed by atoms with Gasteiger partial charge in [0.2, 0.25) is 5.91 Å². The van der Waals surface area contributed by atoms with Crippen molar-refractivity contribution in [1.82, 2.24) is 10.2 Å². The predicted molar refractivity (Wildman–Crippen MR) is 148 cm³/mol. The average Bonchev–Trinajstić information content (AvgIpc) is 3.44. The summed E-state index contributed by atoms with van der Waals surface area (Å²) in [7, 11) is 2.97. The molecule has 2 atom stereocenters. The lowest BCUT2D eigenvalue weighted by Crippen LogP contribution is -2.51. The lowest BCUT2D eigenvalue weighted by atomic mass is 9.91. The molecule has 3 aromatic carbocycles. The molecule has 0 saturated carbocycles. The van der Waals surface area contributed by atoms with E-state index in [0.717, 1.165) is 32.4 Å². The number of nitrogens with one attached hydrogen (secondary N) is 1. The molecule has 2 aliphatic heterocycles. The SMILES string of the molecule is COC(CNC(=O)CC1(O)C(=O)N(C2CCN(C3Cc4cccc5cccc3c45)CC2)c2ccccc21)OC. The van der Waals surface area contributed by atoms with Gasteiger partial charge in [0, 0.05) is 45.0 Å². The molecule has 0 aromatic heterocycles. The molecule has 0 bridgehead atoms. The first-order chi connectivity index (χ1) is 18.9. The fourth-order valence-electron chi connectivity index (χ4n) is 6.74. The van der Waals surface area contributed by atoms with Gasteiger partial charge in [0.1, 0.15) is 0 Å². The molecule has 3 aromatic rings. The van der Waals surface area contributed by atoms with Gasteiger partial charge in [0.25, 0.3) is 5.91 Å². The van der Waals surface area contributed by atoms with E-state index in [4.69, 9.17) is 9.47 Å². The number of likely N-dealkylation sites (tertiary alicyclic amines) is 1. The molecule has 2 amide bonds. The van der Waals surface area contributed by atoms with Crippen LogP contribution in [0.3, 0.4) is 0 Å². The number of hydrogen-bond donors (Lipinski definition) is 2. The number of ether oxygens (including phenoxy) is 2. The number of benzene rings is 3. The van der Waals surface area contributed by atoms with Gasteiger partial charge in [-0.25, -0.2) is 0 Å². The number of methoxy groups -OCH3 is 2. The summed E-state index contributed by atoms with van der Waals surface area (Å²) in [6.07, 6.45) is 1.65. The number of rotatable bonds is 8. The van der Waals surface area contributed by atoms with Gasteiger partial charge in [-0.2, -0.15) is 0 Å². The monoisotopic (exact) mass is 529 g/mol. The topological polar surface area (TPSA) is 91.3 Å². The second-order valence-electron chi connectivity index (χ2n) is 10.8. The molecule has 0 spiro atoms. The van der Waals surface area contributed by atoms with E-state index in [1.165, 1.54) is 36.1 Å². The Bertz CT molecular complexity index is 1390. The summed E-state index contributed by atoms with van der Waals surface area (Å²) in [5, 5.41) is 17.0. The van der Waals surface area contributed by atoms with Crippen LogP contribution in [-0.4, -0.2) is 68.0 Å². The third-order valence-electron chi connectivity index (χ3n) is 8.69. The summed E-state index contributed by atoms with van der Waals surface area (Å²) < 4.78 is 10.2. The number of carbonyl (C=O) groups is 2. The van der Waals surface area contributed by atoms with Crippen LogP contribution in [0.1, 0.15) is 42.0 Å². The first kappa shape index (κ1) is 26.0. The minimum absolute atomic E-state index is 0.0436. The first-order valence-corrected chi connectivity index (χ1v) is 13.7. The van der Waals surface area contributed by atoms with E-state index in [-0.39, 0.29) is 19.0 Å². The van der Waals surface area contributed by atoms with Gasteiger partial charge in [-0.05, 0) is 47.2 Å². The smallest absolute Gasteiger partial charge is 0.264 e. The molecule has 3 aliphatic rings. The zero-order valence-electron chi connectivity index (χ0n) is 22.4. The van der Waals surface area contributed by atoms with E-state index < -0.39 is 23.7 Å². The van der Waals surface area contributed by atoms with Crippen molar-refractivity contribution in [3.8, 4) is 0 Å². The van der Waals surface area contributed by atoms with Crippen LogP contribution in [0.4, 0.5) is 5.69 Å². The Morgan fingerprint density at radius 2 is 1.77 bits per heavy atom. The van der Waals surface area contributed by atoms with Gasteiger partial charge in [-0.3, -0.25) is 14.5 Å². The number of nitrogens with zero attached hydrogens (tertiary/aromatic N) is 2. The van der Waals surface area contributed by atoms with Gasteiger partial charge in [-0.15, -0.1) is 0 Å². The Morgan fingerprint density at radius 1 is 1.05 bits per heavy atom. The molecule has 6 rings (SSSR count). The van der Waals surface area contributed by atoms with E-state index >= 15 is 0 Å². The van der Waals surface area contributed by atoms with Gasteiger partial charge < -0.3 is 24.8 Å². The van der Waals surface area contributed by atoms with Crippen molar-refractivity contribution in [2.75, 3.05) is 38.8 Å².